The molecule has 24 heavy (non-hydrogen) atoms. The number of nitrogens with one attached hydrogen (secondary N) is 1. The maximum absolute atomic E-state index is 12.3. The number of carbonyl (C=O) groups excluding carboxylic acids is 1. The lowest BCUT2D eigenvalue weighted by atomic mass is 10.1. The van der Waals surface area contributed by atoms with Crippen LogP contribution in [0.2, 0.25) is 0 Å². The van der Waals surface area contributed by atoms with Crippen molar-refractivity contribution >= 4 is 16.8 Å². The van der Waals surface area contributed by atoms with Crippen molar-refractivity contribution in [3.8, 4) is 0 Å². The van der Waals surface area contributed by atoms with Gasteiger partial charge in [-0.25, -0.2) is 0 Å². The number of pyridine rings is 1. The molecular weight excluding hydrogens is 304 g/mol. The number of rotatable bonds is 6. The Morgan fingerprint density at radius 1 is 1.25 bits per heavy atom. The maximum Gasteiger partial charge on any atom is 0.224 e. The fourth-order valence-electron chi connectivity index (χ4n) is 2.80. The Balaban J connectivity index is 1.60. The monoisotopic (exact) mass is 324 g/mol. The molecule has 0 saturated carbocycles. The molecule has 0 aliphatic rings. The molecule has 0 spiro atoms. The lowest BCUT2D eigenvalue weighted by Gasteiger charge is -2.17. The number of aliphatic hydroxyl groups excluding tert-OH is 1. The van der Waals surface area contributed by atoms with Crippen LogP contribution in [0.3, 0.4) is 0 Å². The highest BCUT2D eigenvalue weighted by Gasteiger charge is 2.17. The summed E-state index contributed by atoms with van der Waals surface area (Å²) in [4.78, 5) is 16.7. The van der Waals surface area contributed by atoms with Gasteiger partial charge in [-0.15, -0.1) is 0 Å². The van der Waals surface area contributed by atoms with Crippen molar-refractivity contribution in [1.29, 1.82) is 0 Å². The highest BCUT2D eigenvalue weighted by atomic mass is 16.4. The van der Waals surface area contributed by atoms with E-state index < -0.39 is 6.10 Å². The lowest BCUT2D eigenvalue weighted by Crippen LogP contribution is -2.34. The molecule has 3 aromatic rings. The second-order valence-corrected chi connectivity index (χ2v) is 5.90. The van der Waals surface area contributed by atoms with Crippen LogP contribution in [0.1, 0.15) is 30.8 Å². The highest BCUT2D eigenvalue weighted by molar-refractivity contribution is 5.87. The molecular formula is C19H20N2O3. The van der Waals surface area contributed by atoms with Gasteiger partial charge < -0.3 is 14.8 Å². The largest absolute Gasteiger partial charge is 0.467 e. The van der Waals surface area contributed by atoms with Crippen molar-refractivity contribution in [2.75, 3.05) is 0 Å². The molecule has 0 saturated heterocycles. The van der Waals surface area contributed by atoms with E-state index in [-0.39, 0.29) is 18.4 Å². The van der Waals surface area contributed by atoms with Gasteiger partial charge in [0.15, 0.2) is 0 Å². The zero-order chi connectivity index (χ0) is 16.9. The number of hydrogen-bond acceptors (Lipinski definition) is 4. The van der Waals surface area contributed by atoms with Crippen molar-refractivity contribution in [2.24, 2.45) is 0 Å². The number of carbonyl (C=O) groups is 1. The van der Waals surface area contributed by atoms with Gasteiger partial charge in [-0.2, -0.15) is 0 Å². The Morgan fingerprint density at radius 3 is 2.88 bits per heavy atom. The van der Waals surface area contributed by atoms with E-state index in [1.54, 1.807) is 18.3 Å². The van der Waals surface area contributed by atoms with Gasteiger partial charge in [-0.05, 0) is 30.7 Å². The second-order valence-electron chi connectivity index (χ2n) is 5.90. The Hall–Kier alpha value is -2.66. The van der Waals surface area contributed by atoms with Crippen molar-refractivity contribution in [2.45, 2.75) is 31.9 Å². The van der Waals surface area contributed by atoms with Gasteiger partial charge >= 0.3 is 0 Å². The standard InChI is InChI=1S/C19H20N2O3/c1-13(11-16(22)17-8-4-10-24-17)21-18(23)12-15-6-2-5-14-7-3-9-20-19(14)15/h2-10,13,16,22H,11-12H2,1H3,(H,21,23)/t13-,16+/m1/s1. The predicted molar refractivity (Wildman–Crippen MR) is 91.3 cm³/mol. The summed E-state index contributed by atoms with van der Waals surface area (Å²) in [6.07, 6.45) is 3.18. The van der Waals surface area contributed by atoms with E-state index in [0.717, 1.165) is 16.5 Å². The van der Waals surface area contributed by atoms with Crippen LogP contribution in [0.5, 0.6) is 0 Å². The fourth-order valence-corrected chi connectivity index (χ4v) is 2.80. The van der Waals surface area contributed by atoms with E-state index in [9.17, 15) is 9.90 Å². The van der Waals surface area contributed by atoms with Gasteiger partial charge in [0.2, 0.25) is 5.91 Å². The molecule has 5 heteroatoms. The fraction of sp³-hybridized carbons (Fsp3) is 0.263. The summed E-state index contributed by atoms with van der Waals surface area (Å²) >= 11 is 0. The minimum atomic E-state index is -0.727. The highest BCUT2D eigenvalue weighted by Crippen LogP contribution is 2.19. The number of hydrogen-bond donors (Lipinski definition) is 2. The number of amides is 1. The van der Waals surface area contributed by atoms with Gasteiger partial charge in [0.25, 0.3) is 0 Å². The Kier molecular flexibility index (Phi) is 4.91. The van der Waals surface area contributed by atoms with Crippen molar-refractivity contribution in [3.05, 3.63) is 66.2 Å². The minimum absolute atomic E-state index is 0.0905. The lowest BCUT2D eigenvalue weighted by molar-refractivity contribution is -0.121. The topological polar surface area (TPSA) is 75.4 Å². The number of aromatic nitrogens is 1. The molecule has 0 aliphatic heterocycles. The van der Waals surface area contributed by atoms with Crippen molar-refractivity contribution < 1.29 is 14.3 Å². The van der Waals surface area contributed by atoms with Crippen LogP contribution in [0, 0.1) is 0 Å². The van der Waals surface area contributed by atoms with Crippen LogP contribution in [-0.4, -0.2) is 22.0 Å². The summed E-state index contributed by atoms with van der Waals surface area (Å²) in [6, 6.07) is 13.0. The number of para-hydroxylation sites is 1. The average Bonchev–Trinajstić information content (AvgIpc) is 3.09. The first-order valence-electron chi connectivity index (χ1n) is 7.97. The summed E-state index contributed by atoms with van der Waals surface area (Å²) in [6.45, 7) is 1.87. The van der Waals surface area contributed by atoms with E-state index >= 15 is 0 Å². The van der Waals surface area contributed by atoms with E-state index in [2.05, 4.69) is 10.3 Å². The van der Waals surface area contributed by atoms with E-state index in [1.165, 1.54) is 6.26 Å². The second kappa shape index (κ2) is 7.27. The predicted octanol–water partition coefficient (Wildman–Crippen LogP) is 3.00. The normalized spacial score (nSPS) is 13.6. The molecule has 5 nitrogen and oxygen atoms in total. The first kappa shape index (κ1) is 16.2. The number of aliphatic hydroxyl groups is 1. The summed E-state index contributed by atoms with van der Waals surface area (Å²) in [7, 11) is 0. The van der Waals surface area contributed by atoms with Crippen molar-refractivity contribution in [3.63, 3.8) is 0 Å². The third-order valence-electron chi connectivity index (χ3n) is 3.92. The first-order chi connectivity index (χ1) is 11.6. The SMILES string of the molecule is C[C@H](C[C@H](O)c1ccco1)NC(=O)Cc1cccc2cccnc12. The van der Waals surface area contributed by atoms with Crippen LogP contribution in [-0.2, 0) is 11.2 Å². The van der Waals surface area contributed by atoms with Gasteiger partial charge in [0.05, 0.1) is 18.2 Å². The molecule has 2 atom stereocenters. The summed E-state index contributed by atoms with van der Waals surface area (Å²) in [5.41, 5.74) is 1.74. The number of fused-ring (bicyclic) bond motifs is 1. The molecule has 2 N–H and O–H groups in total. The van der Waals surface area contributed by atoms with Crippen LogP contribution in [0.15, 0.2) is 59.3 Å². The molecule has 2 aromatic heterocycles. The van der Waals surface area contributed by atoms with Crippen LogP contribution >= 0.6 is 0 Å². The quantitative estimate of drug-likeness (QED) is 0.731. The number of benzene rings is 1. The molecule has 0 bridgehead atoms. The smallest absolute Gasteiger partial charge is 0.224 e. The summed E-state index contributed by atoms with van der Waals surface area (Å²) in [5, 5.41) is 14.0. The van der Waals surface area contributed by atoms with E-state index in [0.29, 0.717) is 12.2 Å². The average molecular weight is 324 g/mol. The van der Waals surface area contributed by atoms with E-state index in [1.807, 2.05) is 37.3 Å². The third-order valence-corrected chi connectivity index (χ3v) is 3.92. The Labute approximate surface area is 140 Å². The zero-order valence-corrected chi connectivity index (χ0v) is 13.5. The summed E-state index contributed by atoms with van der Waals surface area (Å²) < 4.78 is 5.17. The van der Waals surface area contributed by atoms with Gasteiger partial charge in [-0.3, -0.25) is 9.78 Å². The van der Waals surface area contributed by atoms with Gasteiger partial charge in [-0.1, -0.05) is 24.3 Å². The molecule has 2 heterocycles. The van der Waals surface area contributed by atoms with E-state index in [4.69, 9.17) is 4.42 Å². The summed E-state index contributed by atoms with van der Waals surface area (Å²) in [5.74, 6) is 0.418. The zero-order valence-electron chi connectivity index (χ0n) is 13.5. The molecule has 0 aliphatic carbocycles. The maximum atomic E-state index is 12.3. The van der Waals surface area contributed by atoms with Gasteiger partial charge in [0.1, 0.15) is 11.9 Å². The molecule has 0 radical (unpaired) electrons. The minimum Gasteiger partial charge on any atom is -0.467 e. The number of furan rings is 1. The Bertz CT molecular complexity index is 809. The third kappa shape index (κ3) is 3.81. The molecule has 124 valence electrons. The van der Waals surface area contributed by atoms with Crippen molar-refractivity contribution in [1.82, 2.24) is 10.3 Å². The first-order valence-corrected chi connectivity index (χ1v) is 7.97. The number of nitrogens with zero attached hydrogens (tertiary/aromatic N) is 1. The van der Waals surface area contributed by atoms with Crippen LogP contribution in [0.4, 0.5) is 0 Å². The van der Waals surface area contributed by atoms with Gasteiger partial charge in [0, 0.05) is 24.0 Å². The molecule has 0 unspecified atom stereocenters. The molecule has 1 amide bonds. The molecule has 1 aromatic carbocycles. The van der Waals surface area contributed by atoms with Crippen LogP contribution < -0.4 is 5.32 Å². The molecule has 0 fully saturated rings. The van der Waals surface area contributed by atoms with Crippen LogP contribution in [0.25, 0.3) is 10.9 Å². The Morgan fingerprint density at radius 2 is 2.08 bits per heavy atom. The molecule has 3 rings (SSSR count).